The Morgan fingerprint density at radius 2 is 1.83 bits per heavy atom. The number of halogens is 1. The Balaban J connectivity index is 1.77. The van der Waals surface area contributed by atoms with Crippen molar-refractivity contribution in [2.24, 2.45) is 0 Å². The van der Waals surface area contributed by atoms with E-state index in [-0.39, 0.29) is 5.91 Å². The maximum atomic E-state index is 12.1. The summed E-state index contributed by atoms with van der Waals surface area (Å²) in [6.07, 6.45) is 0. The standard InChI is InChI=1S/C18H21BrN2O3/c1-23-16-7-6-14(11-17(16)24-2)18(22)21-9-8-20-12-13-4-3-5-15(19)10-13/h3-7,10-11,20H,8-9,12H2,1-2H3,(H,21,22). The third-order valence-corrected chi connectivity index (χ3v) is 3.94. The largest absolute Gasteiger partial charge is 0.493 e. The number of hydrogen-bond donors (Lipinski definition) is 2. The molecule has 6 heteroatoms. The molecule has 0 saturated carbocycles. The number of benzene rings is 2. The van der Waals surface area contributed by atoms with Gasteiger partial charge in [0.25, 0.3) is 5.91 Å². The number of nitrogens with one attached hydrogen (secondary N) is 2. The predicted molar refractivity (Wildman–Crippen MR) is 97.7 cm³/mol. The van der Waals surface area contributed by atoms with Crippen LogP contribution >= 0.6 is 15.9 Å². The second kappa shape index (κ2) is 9.30. The van der Waals surface area contributed by atoms with Crippen LogP contribution in [0.1, 0.15) is 15.9 Å². The smallest absolute Gasteiger partial charge is 0.251 e. The van der Waals surface area contributed by atoms with Crippen molar-refractivity contribution in [1.82, 2.24) is 10.6 Å². The van der Waals surface area contributed by atoms with Gasteiger partial charge in [-0.25, -0.2) is 0 Å². The normalized spacial score (nSPS) is 10.3. The van der Waals surface area contributed by atoms with E-state index in [1.807, 2.05) is 12.1 Å². The van der Waals surface area contributed by atoms with E-state index in [4.69, 9.17) is 9.47 Å². The highest BCUT2D eigenvalue weighted by atomic mass is 79.9. The Morgan fingerprint density at radius 3 is 2.54 bits per heavy atom. The van der Waals surface area contributed by atoms with Gasteiger partial charge in [-0.15, -0.1) is 0 Å². The third kappa shape index (κ3) is 5.25. The summed E-state index contributed by atoms with van der Waals surface area (Å²) in [6.45, 7) is 1.98. The quantitative estimate of drug-likeness (QED) is 0.677. The van der Waals surface area contributed by atoms with Crippen LogP contribution in [0.2, 0.25) is 0 Å². The van der Waals surface area contributed by atoms with Gasteiger partial charge in [0.05, 0.1) is 14.2 Å². The monoisotopic (exact) mass is 392 g/mol. The molecule has 0 heterocycles. The third-order valence-electron chi connectivity index (χ3n) is 3.45. The van der Waals surface area contributed by atoms with Crippen molar-refractivity contribution < 1.29 is 14.3 Å². The van der Waals surface area contributed by atoms with Crippen LogP contribution in [0.15, 0.2) is 46.9 Å². The molecule has 0 aliphatic heterocycles. The summed E-state index contributed by atoms with van der Waals surface area (Å²) in [7, 11) is 3.11. The minimum atomic E-state index is -0.139. The van der Waals surface area contributed by atoms with Gasteiger partial charge in [0.15, 0.2) is 11.5 Å². The van der Waals surface area contributed by atoms with Crippen molar-refractivity contribution in [3.05, 3.63) is 58.1 Å². The second-order valence-corrected chi connectivity index (χ2v) is 6.05. The SMILES string of the molecule is COc1ccc(C(=O)NCCNCc2cccc(Br)c2)cc1OC. The zero-order valence-electron chi connectivity index (χ0n) is 13.8. The average molecular weight is 393 g/mol. The summed E-state index contributed by atoms with van der Waals surface area (Å²) in [5.74, 6) is 1.00. The molecule has 0 radical (unpaired) electrons. The molecule has 5 nitrogen and oxygen atoms in total. The van der Waals surface area contributed by atoms with E-state index in [0.29, 0.717) is 30.2 Å². The van der Waals surface area contributed by atoms with Crippen molar-refractivity contribution in [3.63, 3.8) is 0 Å². The molecule has 2 aromatic carbocycles. The maximum absolute atomic E-state index is 12.1. The number of hydrogen-bond acceptors (Lipinski definition) is 4. The fourth-order valence-corrected chi connectivity index (χ4v) is 2.67. The Morgan fingerprint density at radius 1 is 1.04 bits per heavy atom. The molecule has 0 fully saturated rings. The lowest BCUT2D eigenvalue weighted by Gasteiger charge is -2.10. The van der Waals surface area contributed by atoms with Crippen molar-refractivity contribution in [3.8, 4) is 11.5 Å². The van der Waals surface area contributed by atoms with E-state index in [2.05, 4.69) is 38.7 Å². The molecule has 0 saturated heterocycles. The van der Waals surface area contributed by atoms with Crippen LogP contribution in [-0.4, -0.2) is 33.2 Å². The summed E-state index contributed by atoms with van der Waals surface area (Å²) in [5, 5.41) is 6.17. The van der Waals surface area contributed by atoms with Gasteiger partial charge in [-0.3, -0.25) is 4.79 Å². The molecule has 128 valence electrons. The number of carbonyl (C=O) groups is 1. The van der Waals surface area contributed by atoms with Crippen molar-refractivity contribution in [2.45, 2.75) is 6.54 Å². The van der Waals surface area contributed by atoms with Crippen LogP contribution in [0.5, 0.6) is 11.5 Å². The van der Waals surface area contributed by atoms with E-state index < -0.39 is 0 Å². The molecule has 2 rings (SSSR count). The summed E-state index contributed by atoms with van der Waals surface area (Å²) in [6, 6.07) is 13.2. The minimum absolute atomic E-state index is 0.139. The molecule has 2 aromatic rings. The van der Waals surface area contributed by atoms with Gasteiger partial charge in [0.1, 0.15) is 0 Å². The van der Waals surface area contributed by atoms with E-state index in [1.165, 1.54) is 5.56 Å². The van der Waals surface area contributed by atoms with Crippen LogP contribution in [0.4, 0.5) is 0 Å². The van der Waals surface area contributed by atoms with Gasteiger partial charge in [0.2, 0.25) is 0 Å². The highest BCUT2D eigenvalue weighted by molar-refractivity contribution is 9.10. The fraction of sp³-hybridized carbons (Fsp3) is 0.278. The van der Waals surface area contributed by atoms with Crippen molar-refractivity contribution >= 4 is 21.8 Å². The molecule has 24 heavy (non-hydrogen) atoms. The predicted octanol–water partition coefficient (Wildman–Crippen LogP) is 2.99. The number of ether oxygens (including phenoxy) is 2. The molecule has 2 N–H and O–H groups in total. The second-order valence-electron chi connectivity index (χ2n) is 5.13. The van der Waals surface area contributed by atoms with Gasteiger partial charge in [-0.1, -0.05) is 28.1 Å². The lowest BCUT2D eigenvalue weighted by atomic mass is 10.2. The first-order valence-electron chi connectivity index (χ1n) is 7.59. The van der Waals surface area contributed by atoms with Gasteiger partial charge in [-0.2, -0.15) is 0 Å². The summed E-state index contributed by atoms with van der Waals surface area (Å²) in [5.41, 5.74) is 1.73. The lowest BCUT2D eigenvalue weighted by molar-refractivity contribution is 0.0953. The van der Waals surface area contributed by atoms with Crippen molar-refractivity contribution in [2.75, 3.05) is 27.3 Å². The van der Waals surface area contributed by atoms with Crippen LogP contribution in [0, 0.1) is 0 Å². The van der Waals surface area contributed by atoms with E-state index in [1.54, 1.807) is 32.4 Å². The Bertz CT molecular complexity index is 692. The minimum Gasteiger partial charge on any atom is -0.493 e. The molecule has 0 bridgehead atoms. The van der Waals surface area contributed by atoms with Crippen molar-refractivity contribution in [1.29, 1.82) is 0 Å². The zero-order chi connectivity index (χ0) is 17.4. The highest BCUT2D eigenvalue weighted by Crippen LogP contribution is 2.27. The van der Waals surface area contributed by atoms with E-state index >= 15 is 0 Å². The Kier molecular flexibility index (Phi) is 7.08. The van der Waals surface area contributed by atoms with E-state index in [0.717, 1.165) is 11.0 Å². The van der Waals surface area contributed by atoms with Crippen LogP contribution in [0.3, 0.4) is 0 Å². The first-order valence-corrected chi connectivity index (χ1v) is 8.38. The lowest BCUT2D eigenvalue weighted by Crippen LogP contribution is -2.31. The summed E-state index contributed by atoms with van der Waals surface area (Å²) < 4.78 is 11.4. The molecular weight excluding hydrogens is 372 g/mol. The molecule has 0 aliphatic rings. The van der Waals surface area contributed by atoms with Gasteiger partial charge >= 0.3 is 0 Å². The van der Waals surface area contributed by atoms with E-state index in [9.17, 15) is 4.79 Å². The highest BCUT2D eigenvalue weighted by Gasteiger charge is 2.10. The molecule has 1 amide bonds. The molecule has 0 aliphatic carbocycles. The first kappa shape index (κ1) is 18.3. The molecule has 0 aromatic heterocycles. The first-order chi connectivity index (χ1) is 11.6. The molecule has 0 atom stereocenters. The number of rotatable bonds is 8. The Hall–Kier alpha value is -2.05. The summed E-state index contributed by atoms with van der Waals surface area (Å²) >= 11 is 3.45. The van der Waals surface area contributed by atoms with Gasteiger partial charge in [-0.05, 0) is 35.9 Å². The molecule has 0 spiro atoms. The zero-order valence-corrected chi connectivity index (χ0v) is 15.4. The summed E-state index contributed by atoms with van der Waals surface area (Å²) in [4.78, 5) is 12.1. The maximum Gasteiger partial charge on any atom is 0.251 e. The van der Waals surface area contributed by atoms with Crippen LogP contribution in [0.25, 0.3) is 0 Å². The molecule has 0 unspecified atom stereocenters. The number of methoxy groups -OCH3 is 2. The topological polar surface area (TPSA) is 59.6 Å². The number of carbonyl (C=O) groups excluding carboxylic acids is 1. The fourth-order valence-electron chi connectivity index (χ4n) is 2.22. The Labute approximate surface area is 150 Å². The van der Waals surface area contributed by atoms with Gasteiger partial charge < -0.3 is 20.1 Å². The van der Waals surface area contributed by atoms with Crippen LogP contribution < -0.4 is 20.1 Å². The average Bonchev–Trinajstić information content (AvgIpc) is 2.60. The van der Waals surface area contributed by atoms with Crippen LogP contribution in [-0.2, 0) is 6.54 Å². The molecular formula is C18H21BrN2O3. The van der Waals surface area contributed by atoms with Gasteiger partial charge in [0, 0.05) is 29.7 Å². The number of amides is 1.